The molecule has 1 saturated carbocycles. The van der Waals surface area contributed by atoms with Crippen LogP contribution in [0.4, 0.5) is 15.8 Å². The molecule has 5 rings (SSSR count). The Hall–Kier alpha value is -3.96. The number of benzene rings is 3. The fourth-order valence-corrected chi connectivity index (χ4v) is 7.16. The zero-order chi connectivity index (χ0) is 32.1. The van der Waals surface area contributed by atoms with E-state index in [1.807, 2.05) is 30.3 Å². The predicted molar refractivity (Wildman–Crippen MR) is 173 cm³/mol. The minimum absolute atomic E-state index is 0.0557. The maximum atomic E-state index is 13.8. The minimum Gasteiger partial charge on any atom is -0.493 e. The van der Waals surface area contributed by atoms with E-state index in [2.05, 4.69) is 17.6 Å². The number of rotatable bonds is 13. The molecule has 3 aromatic rings. The summed E-state index contributed by atoms with van der Waals surface area (Å²) in [5, 5.41) is 5.86. The molecule has 0 spiro atoms. The molecule has 5 atom stereocenters. The first-order valence-electron chi connectivity index (χ1n) is 15.4. The number of hydrogen-bond acceptors (Lipinski definition) is 6. The molecular formula is C34H41FN4O5S. The first kappa shape index (κ1) is 32.4. The molecule has 2 unspecified atom stereocenters. The van der Waals surface area contributed by atoms with Crippen molar-refractivity contribution >= 4 is 33.2 Å². The van der Waals surface area contributed by atoms with Crippen molar-refractivity contribution in [2.75, 3.05) is 28.5 Å². The fraction of sp³-hybridized carbons (Fsp3) is 0.412. The van der Waals surface area contributed by atoms with Crippen LogP contribution < -0.4 is 25.4 Å². The van der Waals surface area contributed by atoms with Gasteiger partial charge in [-0.1, -0.05) is 44.2 Å². The van der Waals surface area contributed by atoms with Gasteiger partial charge in [-0.15, -0.1) is 0 Å². The number of nitrogens with one attached hydrogen (secondary N) is 2. The van der Waals surface area contributed by atoms with Crippen LogP contribution in [0.3, 0.4) is 0 Å². The van der Waals surface area contributed by atoms with Crippen molar-refractivity contribution in [1.29, 1.82) is 0 Å². The molecule has 45 heavy (non-hydrogen) atoms. The summed E-state index contributed by atoms with van der Waals surface area (Å²) in [6.07, 6.45) is 2.27. The minimum atomic E-state index is -3.48. The summed E-state index contributed by atoms with van der Waals surface area (Å²) in [5.41, 5.74) is 8.78. The van der Waals surface area contributed by atoms with Gasteiger partial charge in [0.25, 0.3) is 5.91 Å². The second kappa shape index (κ2) is 14.0. The summed E-state index contributed by atoms with van der Waals surface area (Å²) >= 11 is 0. The van der Waals surface area contributed by atoms with Crippen LogP contribution in [0.2, 0.25) is 0 Å². The van der Waals surface area contributed by atoms with Crippen molar-refractivity contribution in [1.82, 2.24) is 5.32 Å². The third kappa shape index (κ3) is 8.61. The summed E-state index contributed by atoms with van der Waals surface area (Å²) in [5.74, 6) is -0.0765. The molecule has 3 aromatic carbocycles. The predicted octanol–water partition coefficient (Wildman–Crippen LogP) is 4.73. The van der Waals surface area contributed by atoms with Crippen LogP contribution in [0.1, 0.15) is 49.0 Å². The number of halogens is 1. The van der Waals surface area contributed by atoms with Crippen LogP contribution in [0, 0.1) is 23.6 Å². The lowest BCUT2D eigenvalue weighted by atomic mass is 9.92. The number of carbonyl (C=O) groups excluding carboxylic acids is 2. The number of carbonyl (C=O) groups is 2. The zero-order valence-electron chi connectivity index (χ0n) is 25.6. The molecule has 1 aliphatic heterocycles. The molecule has 0 radical (unpaired) electrons. The van der Waals surface area contributed by atoms with Gasteiger partial charge in [-0.3, -0.25) is 13.9 Å². The summed E-state index contributed by atoms with van der Waals surface area (Å²) in [6.45, 7) is 4.75. The molecule has 9 nitrogen and oxygen atoms in total. The number of amides is 2. The van der Waals surface area contributed by atoms with Gasteiger partial charge in [0, 0.05) is 41.9 Å². The molecular weight excluding hydrogens is 595 g/mol. The summed E-state index contributed by atoms with van der Waals surface area (Å²) in [6, 6.07) is 18.9. The van der Waals surface area contributed by atoms with Crippen molar-refractivity contribution in [3.05, 3.63) is 89.7 Å². The highest BCUT2D eigenvalue weighted by atomic mass is 32.2. The molecule has 1 aliphatic carbocycles. The first-order chi connectivity index (χ1) is 21.5. The fourth-order valence-electron chi connectivity index (χ4n) is 5.61. The lowest BCUT2D eigenvalue weighted by molar-refractivity contribution is -0.119. The molecule has 1 heterocycles. The van der Waals surface area contributed by atoms with Crippen molar-refractivity contribution in [2.24, 2.45) is 23.5 Å². The van der Waals surface area contributed by atoms with E-state index in [0.717, 1.165) is 12.0 Å². The smallest absolute Gasteiger partial charge is 0.251 e. The van der Waals surface area contributed by atoms with E-state index in [9.17, 15) is 22.4 Å². The SMILES string of the molecule is CC1CC1COc1cc(C(=O)N[C@@H](Cc2ccccc2)[C@@H](N)C[C@@H](C)C(=O)Nc2ccc(F)cc2)cc(N2CCCS2(=O)=O)c1. The van der Waals surface area contributed by atoms with Crippen LogP contribution in [0.5, 0.6) is 5.75 Å². The van der Waals surface area contributed by atoms with Crippen LogP contribution in [-0.4, -0.2) is 51.2 Å². The van der Waals surface area contributed by atoms with Gasteiger partial charge in [0.15, 0.2) is 0 Å². The Balaban J connectivity index is 1.34. The summed E-state index contributed by atoms with van der Waals surface area (Å²) in [7, 11) is -3.48. The molecule has 2 fully saturated rings. The lowest BCUT2D eigenvalue weighted by Gasteiger charge is -2.28. The zero-order valence-corrected chi connectivity index (χ0v) is 26.4. The Labute approximate surface area is 264 Å². The highest BCUT2D eigenvalue weighted by Crippen LogP contribution is 2.38. The first-order valence-corrected chi connectivity index (χ1v) is 17.0. The van der Waals surface area contributed by atoms with Gasteiger partial charge >= 0.3 is 0 Å². The van der Waals surface area contributed by atoms with Crippen LogP contribution >= 0.6 is 0 Å². The van der Waals surface area contributed by atoms with E-state index < -0.39 is 39.7 Å². The Morgan fingerprint density at radius 2 is 1.80 bits per heavy atom. The molecule has 11 heteroatoms. The largest absolute Gasteiger partial charge is 0.493 e. The second-order valence-electron chi connectivity index (χ2n) is 12.3. The Morgan fingerprint density at radius 1 is 1.09 bits per heavy atom. The van der Waals surface area contributed by atoms with Gasteiger partial charge in [-0.2, -0.15) is 0 Å². The maximum absolute atomic E-state index is 13.8. The number of nitrogens with zero attached hydrogens (tertiary/aromatic N) is 1. The monoisotopic (exact) mass is 636 g/mol. The normalized spacial score (nSPS) is 20.6. The lowest BCUT2D eigenvalue weighted by Crippen LogP contribution is -2.50. The van der Waals surface area contributed by atoms with Crippen molar-refractivity contribution in [2.45, 2.75) is 51.6 Å². The van der Waals surface area contributed by atoms with Crippen LogP contribution in [-0.2, 0) is 21.2 Å². The van der Waals surface area contributed by atoms with Gasteiger partial charge in [-0.05, 0) is 79.5 Å². The van der Waals surface area contributed by atoms with E-state index in [4.69, 9.17) is 10.5 Å². The third-order valence-electron chi connectivity index (χ3n) is 8.60. The Kier molecular flexibility index (Phi) is 10.1. The number of anilines is 2. The highest BCUT2D eigenvalue weighted by molar-refractivity contribution is 7.93. The molecule has 1 saturated heterocycles. The van der Waals surface area contributed by atoms with E-state index in [1.165, 1.54) is 28.6 Å². The van der Waals surface area contributed by atoms with Crippen molar-refractivity contribution in [3.63, 3.8) is 0 Å². The maximum Gasteiger partial charge on any atom is 0.251 e. The Morgan fingerprint density at radius 3 is 2.44 bits per heavy atom. The van der Waals surface area contributed by atoms with Gasteiger partial charge in [0.1, 0.15) is 11.6 Å². The summed E-state index contributed by atoms with van der Waals surface area (Å²) in [4.78, 5) is 26.8. The van der Waals surface area contributed by atoms with Crippen molar-refractivity contribution in [3.8, 4) is 5.75 Å². The number of nitrogens with two attached hydrogens (primary N) is 1. The van der Waals surface area contributed by atoms with Crippen LogP contribution in [0.15, 0.2) is 72.8 Å². The van der Waals surface area contributed by atoms with Gasteiger partial charge in [-0.25, -0.2) is 12.8 Å². The van der Waals surface area contributed by atoms with E-state index in [0.29, 0.717) is 55.0 Å². The van der Waals surface area contributed by atoms with Gasteiger partial charge < -0.3 is 21.1 Å². The van der Waals surface area contributed by atoms with Gasteiger partial charge in [0.05, 0.1) is 18.0 Å². The molecule has 240 valence electrons. The number of ether oxygens (including phenoxy) is 1. The number of sulfonamides is 1. The highest BCUT2D eigenvalue weighted by Gasteiger charge is 2.34. The average Bonchev–Trinajstić information content (AvgIpc) is 3.61. The second-order valence-corrected chi connectivity index (χ2v) is 14.3. The molecule has 0 aromatic heterocycles. The van der Waals surface area contributed by atoms with E-state index in [-0.39, 0.29) is 23.6 Å². The Bertz CT molecular complexity index is 1600. The average molecular weight is 637 g/mol. The molecule has 0 bridgehead atoms. The molecule has 4 N–H and O–H groups in total. The standard InChI is InChI=1S/C34H41FN4O5S/c1-22-15-26(22)21-44-30-19-25(18-29(20-30)39-13-6-14-45(39,42)43)34(41)38-32(17-24-7-4-3-5-8-24)31(36)16-23(2)33(40)37-28-11-9-27(35)10-12-28/h3-5,7-12,18-20,22-23,26,31-32H,6,13-17,21,36H2,1-2H3,(H,37,40)(H,38,41)/t22?,23-,26?,31+,32+/m1/s1. The van der Waals surface area contributed by atoms with Crippen LogP contribution in [0.25, 0.3) is 0 Å². The van der Waals surface area contributed by atoms with Gasteiger partial charge in [0.2, 0.25) is 15.9 Å². The third-order valence-corrected chi connectivity index (χ3v) is 10.5. The topological polar surface area (TPSA) is 131 Å². The quantitative estimate of drug-likeness (QED) is 0.249. The molecule has 2 amide bonds. The van der Waals surface area contributed by atoms with E-state index in [1.54, 1.807) is 25.1 Å². The number of hydrogen-bond donors (Lipinski definition) is 3. The summed E-state index contributed by atoms with van der Waals surface area (Å²) < 4.78 is 46.2. The van der Waals surface area contributed by atoms with Crippen molar-refractivity contribution < 1.29 is 27.1 Å². The molecule has 2 aliphatic rings. The van der Waals surface area contributed by atoms with E-state index >= 15 is 0 Å².